The van der Waals surface area contributed by atoms with E-state index in [2.05, 4.69) is 40.6 Å². The van der Waals surface area contributed by atoms with Crippen LogP contribution in [0.1, 0.15) is 71.2 Å². The minimum atomic E-state index is -0.729. The van der Waals surface area contributed by atoms with Crippen molar-refractivity contribution in [3.05, 3.63) is 16.8 Å². The first-order valence-electron chi connectivity index (χ1n) is 15.3. The number of nitrogens with zero attached hydrogens (tertiary/aromatic N) is 10. The van der Waals surface area contributed by atoms with Crippen molar-refractivity contribution in [1.29, 1.82) is 0 Å². The van der Waals surface area contributed by atoms with Gasteiger partial charge in [0, 0.05) is 12.8 Å². The van der Waals surface area contributed by atoms with Crippen LogP contribution in [0.5, 0.6) is 5.88 Å². The quantitative estimate of drug-likeness (QED) is 0.300. The van der Waals surface area contributed by atoms with Crippen molar-refractivity contribution >= 4 is 33.9 Å². The number of aromatic nitrogens is 10. The Morgan fingerprint density at radius 1 is 0.739 bits per heavy atom. The van der Waals surface area contributed by atoms with Crippen LogP contribution in [0, 0.1) is 13.8 Å². The average molecular weight is 661 g/mol. The van der Waals surface area contributed by atoms with E-state index >= 15 is 0 Å². The zero-order valence-corrected chi connectivity index (χ0v) is 27.3. The van der Waals surface area contributed by atoms with Gasteiger partial charge in [-0.2, -0.15) is 4.98 Å². The molecule has 18 heteroatoms. The molecule has 4 aliphatic rings. The first kappa shape index (κ1) is 31.4. The highest BCUT2D eigenvalue weighted by atomic mass is 35.5. The van der Waals surface area contributed by atoms with Crippen LogP contribution in [-0.4, -0.2) is 115 Å². The number of rotatable bonds is 4. The lowest BCUT2D eigenvalue weighted by Gasteiger charge is -2.22. The highest BCUT2D eigenvalue weighted by Gasteiger charge is 2.56. The van der Waals surface area contributed by atoms with Crippen LogP contribution in [0.15, 0.2) is 0 Å². The van der Waals surface area contributed by atoms with Crippen molar-refractivity contribution in [1.82, 2.24) is 49.9 Å². The number of halogens is 1. The topological polar surface area (TPSA) is 200 Å². The van der Waals surface area contributed by atoms with Crippen LogP contribution in [-0.2, 0) is 18.9 Å². The third-order valence-corrected chi connectivity index (χ3v) is 8.78. The van der Waals surface area contributed by atoms with E-state index in [1.807, 2.05) is 34.6 Å². The Bertz CT molecular complexity index is 1780. The number of aliphatic hydroxyl groups excluding tert-OH is 2. The van der Waals surface area contributed by atoms with Gasteiger partial charge in [0.1, 0.15) is 36.1 Å². The van der Waals surface area contributed by atoms with Gasteiger partial charge in [0.2, 0.25) is 5.88 Å². The molecule has 2 aliphatic carbocycles. The molecule has 2 aliphatic heterocycles. The molecule has 8 rings (SSSR count). The predicted octanol–water partition coefficient (Wildman–Crippen LogP) is 1.76. The molecule has 248 valence electrons. The highest BCUT2D eigenvalue weighted by Crippen LogP contribution is 2.45. The van der Waals surface area contributed by atoms with Crippen LogP contribution in [0.3, 0.4) is 0 Å². The monoisotopic (exact) mass is 660 g/mol. The van der Waals surface area contributed by atoms with E-state index in [9.17, 15) is 10.2 Å². The first-order valence-corrected chi connectivity index (χ1v) is 15.7. The Balaban J connectivity index is 0.000000147. The summed E-state index contributed by atoms with van der Waals surface area (Å²) in [6.07, 6.45) is -1.66. The molecule has 4 aromatic rings. The molecule has 2 saturated heterocycles. The summed E-state index contributed by atoms with van der Waals surface area (Å²) in [5, 5.41) is 37.5. The maximum absolute atomic E-state index is 10.3. The van der Waals surface area contributed by atoms with Crippen LogP contribution in [0.2, 0.25) is 5.15 Å². The van der Waals surface area contributed by atoms with E-state index in [-0.39, 0.29) is 41.7 Å². The molecule has 4 aromatic heterocycles. The number of aryl methyl sites for hydroxylation is 2. The SMILES string of the molecule is CCOc1nc(C)nc2c1nnn2[C@@H]1C[C@H](O)[C@H]2OC(C)(C)O[C@H]21.Cc1nc(Cl)c2nnn([C@@H]3C[C@H](O)[C@H]4OC(C)(C)O[C@H]43)c2n1. The van der Waals surface area contributed by atoms with Gasteiger partial charge in [-0.25, -0.2) is 24.3 Å². The maximum atomic E-state index is 10.3. The molecule has 4 fully saturated rings. The minimum absolute atomic E-state index is 0.208. The summed E-state index contributed by atoms with van der Waals surface area (Å²) in [5.74, 6) is 0.0829. The van der Waals surface area contributed by atoms with Crippen molar-refractivity contribution < 1.29 is 33.9 Å². The summed E-state index contributed by atoms with van der Waals surface area (Å²) in [4.78, 5) is 17.2. The van der Waals surface area contributed by atoms with E-state index < -0.39 is 23.8 Å². The summed E-state index contributed by atoms with van der Waals surface area (Å²) in [7, 11) is 0. The normalized spacial score (nSPS) is 32.5. The summed E-state index contributed by atoms with van der Waals surface area (Å²) < 4.78 is 32.4. The molecule has 0 aromatic carbocycles. The number of fused-ring (bicyclic) bond motifs is 4. The standard InChI is InChI=1S/C15H21N5O4.C13H16ClN5O3/c1-5-22-14-10-13(16-7(2)17-14)20(19-18-10)8-6-9(21)12-11(8)23-15(3,4)24-12;1-5-15-11(14)8-12(16-5)19(18-17-8)6-4-7(20)10-9(6)21-13(2,3)22-10/h8-9,11-12,21H,5-6H2,1-4H3;6-7,9-10,20H,4H2,1-3H3/t8-,9+,11+,12-;6-,7+,9+,10-/m11/s1. The average Bonchev–Trinajstić information content (AvgIpc) is 3.79. The van der Waals surface area contributed by atoms with Crippen LogP contribution in [0.4, 0.5) is 0 Å². The van der Waals surface area contributed by atoms with Crippen molar-refractivity contribution in [2.45, 2.75) is 122 Å². The van der Waals surface area contributed by atoms with Gasteiger partial charge in [-0.05, 0) is 48.5 Å². The van der Waals surface area contributed by atoms with Gasteiger partial charge in [0.15, 0.2) is 39.1 Å². The van der Waals surface area contributed by atoms with Crippen molar-refractivity contribution in [3.8, 4) is 5.88 Å². The Hall–Kier alpha value is -3.19. The molecule has 2 saturated carbocycles. The van der Waals surface area contributed by atoms with Gasteiger partial charge in [-0.1, -0.05) is 22.0 Å². The van der Waals surface area contributed by atoms with Gasteiger partial charge in [0.05, 0.1) is 30.9 Å². The second-order valence-electron chi connectivity index (χ2n) is 12.9. The van der Waals surface area contributed by atoms with E-state index in [0.29, 0.717) is 59.3 Å². The summed E-state index contributed by atoms with van der Waals surface area (Å²) in [5.41, 5.74) is 2.09. The molecule has 0 bridgehead atoms. The number of ether oxygens (including phenoxy) is 5. The van der Waals surface area contributed by atoms with Crippen LogP contribution < -0.4 is 4.74 Å². The molecular formula is C28H37ClN10O7. The molecule has 0 radical (unpaired) electrons. The summed E-state index contributed by atoms with van der Waals surface area (Å²) >= 11 is 6.10. The Morgan fingerprint density at radius 2 is 1.20 bits per heavy atom. The lowest BCUT2D eigenvalue weighted by Crippen LogP contribution is -2.29. The van der Waals surface area contributed by atoms with Gasteiger partial charge in [0.25, 0.3) is 0 Å². The summed E-state index contributed by atoms with van der Waals surface area (Å²) in [6, 6.07) is -0.419. The molecule has 0 spiro atoms. The highest BCUT2D eigenvalue weighted by molar-refractivity contribution is 6.33. The van der Waals surface area contributed by atoms with Gasteiger partial charge in [-0.3, -0.25) is 0 Å². The maximum Gasteiger partial charge on any atom is 0.247 e. The van der Waals surface area contributed by atoms with E-state index in [0.717, 1.165) is 0 Å². The summed E-state index contributed by atoms with van der Waals surface area (Å²) in [6.45, 7) is 13.3. The third-order valence-electron chi connectivity index (χ3n) is 8.52. The molecule has 8 atom stereocenters. The van der Waals surface area contributed by atoms with Crippen molar-refractivity contribution in [2.24, 2.45) is 0 Å². The van der Waals surface area contributed by atoms with Crippen LogP contribution in [0.25, 0.3) is 22.3 Å². The van der Waals surface area contributed by atoms with Gasteiger partial charge >= 0.3 is 0 Å². The molecular weight excluding hydrogens is 624 g/mol. The minimum Gasteiger partial charge on any atom is -0.476 e. The second-order valence-corrected chi connectivity index (χ2v) is 13.2. The van der Waals surface area contributed by atoms with E-state index in [1.54, 1.807) is 23.2 Å². The van der Waals surface area contributed by atoms with Gasteiger partial charge in [-0.15, -0.1) is 10.2 Å². The lowest BCUT2D eigenvalue weighted by molar-refractivity contribution is -0.166. The molecule has 0 amide bonds. The molecule has 17 nitrogen and oxygen atoms in total. The lowest BCUT2D eigenvalue weighted by atomic mass is 10.2. The Kier molecular flexibility index (Phi) is 7.66. The zero-order chi connectivity index (χ0) is 32.7. The fraction of sp³-hybridized carbons (Fsp3) is 0.714. The van der Waals surface area contributed by atoms with E-state index in [4.69, 9.17) is 35.3 Å². The second kappa shape index (κ2) is 11.2. The molecule has 46 heavy (non-hydrogen) atoms. The Labute approximate surface area is 268 Å². The molecule has 6 heterocycles. The molecule has 2 N–H and O–H groups in total. The van der Waals surface area contributed by atoms with E-state index in [1.165, 1.54) is 0 Å². The third kappa shape index (κ3) is 5.36. The number of hydrogen-bond acceptors (Lipinski definition) is 15. The van der Waals surface area contributed by atoms with Crippen molar-refractivity contribution in [3.63, 3.8) is 0 Å². The number of hydrogen-bond donors (Lipinski definition) is 2. The fourth-order valence-electron chi connectivity index (χ4n) is 6.83. The first-order chi connectivity index (χ1) is 21.7. The van der Waals surface area contributed by atoms with Gasteiger partial charge < -0.3 is 33.9 Å². The smallest absolute Gasteiger partial charge is 0.247 e. The van der Waals surface area contributed by atoms with Crippen LogP contribution >= 0.6 is 11.6 Å². The molecule has 0 unspecified atom stereocenters. The zero-order valence-electron chi connectivity index (χ0n) is 26.5. The fourth-order valence-corrected chi connectivity index (χ4v) is 7.07. The Morgan fingerprint density at radius 3 is 1.72 bits per heavy atom. The largest absolute Gasteiger partial charge is 0.476 e. The predicted molar refractivity (Wildman–Crippen MR) is 159 cm³/mol. The number of aliphatic hydroxyl groups is 2. The van der Waals surface area contributed by atoms with Crippen molar-refractivity contribution in [2.75, 3.05) is 6.61 Å².